The quantitative estimate of drug-likeness (QED) is 0.801. The van der Waals surface area contributed by atoms with Crippen LogP contribution in [0.2, 0.25) is 0 Å². The fourth-order valence-corrected chi connectivity index (χ4v) is 4.24. The zero-order chi connectivity index (χ0) is 12.4. The first kappa shape index (κ1) is 13.4. The van der Waals surface area contributed by atoms with Crippen LogP contribution in [-0.4, -0.2) is 29.6 Å². The Bertz CT molecular complexity index is 241. The van der Waals surface area contributed by atoms with E-state index in [2.05, 4.69) is 25.7 Å². The van der Waals surface area contributed by atoms with Gasteiger partial charge < -0.3 is 5.73 Å². The van der Waals surface area contributed by atoms with E-state index in [1.54, 1.807) is 0 Å². The van der Waals surface area contributed by atoms with E-state index in [0.717, 1.165) is 30.5 Å². The van der Waals surface area contributed by atoms with Gasteiger partial charge in [0.25, 0.3) is 0 Å². The summed E-state index contributed by atoms with van der Waals surface area (Å²) in [4.78, 5) is 2.79. The highest BCUT2D eigenvalue weighted by atomic mass is 15.2. The molecule has 0 aromatic heterocycles. The molecule has 2 fully saturated rings. The summed E-state index contributed by atoms with van der Waals surface area (Å²) < 4.78 is 0. The van der Waals surface area contributed by atoms with Gasteiger partial charge in [0.1, 0.15) is 0 Å². The zero-order valence-electron chi connectivity index (χ0n) is 11.9. The molecule has 1 heterocycles. The second-order valence-electron chi connectivity index (χ2n) is 6.58. The highest BCUT2D eigenvalue weighted by molar-refractivity contribution is 4.92. The van der Waals surface area contributed by atoms with Gasteiger partial charge in [-0.15, -0.1) is 0 Å². The van der Waals surface area contributed by atoms with Crippen LogP contribution in [-0.2, 0) is 0 Å². The minimum Gasteiger partial charge on any atom is -0.329 e. The van der Waals surface area contributed by atoms with E-state index >= 15 is 0 Å². The standard InChI is InChI=1S/C15H30N2/c1-11-7-8-15(12(2)9-11)17-13(3)5-4-6-14(17)10-16/h11-15H,4-10,16H2,1-3H3. The van der Waals surface area contributed by atoms with Gasteiger partial charge in [0.15, 0.2) is 0 Å². The molecule has 1 aliphatic heterocycles. The third-order valence-electron chi connectivity index (χ3n) is 5.13. The smallest absolute Gasteiger partial charge is 0.0224 e. The van der Waals surface area contributed by atoms with Gasteiger partial charge in [-0.3, -0.25) is 4.90 Å². The minimum absolute atomic E-state index is 0.652. The van der Waals surface area contributed by atoms with Gasteiger partial charge in [0.2, 0.25) is 0 Å². The van der Waals surface area contributed by atoms with Crippen molar-refractivity contribution in [2.75, 3.05) is 6.54 Å². The minimum atomic E-state index is 0.652. The molecule has 2 nitrogen and oxygen atoms in total. The largest absolute Gasteiger partial charge is 0.329 e. The van der Waals surface area contributed by atoms with Crippen molar-refractivity contribution in [1.82, 2.24) is 4.90 Å². The molecule has 5 unspecified atom stereocenters. The Morgan fingerprint density at radius 1 is 1.06 bits per heavy atom. The normalized spacial score (nSPS) is 44.8. The van der Waals surface area contributed by atoms with Gasteiger partial charge in [-0.05, 0) is 50.9 Å². The molecule has 1 saturated carbocycles. The Kier molecular flexibility index (Phi) is 4.48. The molecule has 0 spiro atoms. The summed E-state index contributed by atoms with van der Waals surface area (Å²) >= 11 is 0. The van der Waals surface area contributed by atoms with Crippen LogP contribution in [0.3, 0.4) is 0 Å². The van der Waals surface area contributed by atoms with Gasteiger partial charge in [0.05, 0.1) is 0 Å². The number of hydrogen-bond acceptors (Lipinski definition) is 2. The van der Waals surface area contributed by atoms with E-state index in [4.69, 9.17) is 5.73 Å². The van der Waals surface area contributed by atoms with Crippen molar-refractivity contribution in [2.45, 2.75) is 77.4 Å². The monoisotopic (exact) mass is 238 g/mol. The highest BCUT2D eigenvalue weighted by Gasteiger charge is 2.37. The molecule has 0 radical (unpaired) electrons. The zero-order valence-corrected chi connectivity index (χ0v) is 11.9. The van der Waals surface area contributed by atoms with E-state index in [9.17, 15) is 0 Å². The summed E-state index contributed by atoms with van der Waals surface area (Å²) in [6.45, 7) is 8.12. The SMILES string of the molecule is CC1CCC(N2C(C)CCCC2CN)C(C)C1. The Morgan fingerprint density at radius 2 is 1.82 bits per heavy atom. The predicted octanol–water partition coefficient (Wildman–Crippen LogP) is 3.01. The maximum absolute atomic E-state index is 5.99. The Morgan fingerprint density at radius 3 is 2.47 bits per heavy atom. The first-order valence-electron chi connectivity index (χ1n) is 7.61. The van der Waals surface area contributed by atoms with Gasteiger partial charge in [-0.1, -0.05) is 20.3 Å². The molecule has 0 bridgehead atoms. The Balaban J connectivity index is 2.07. The second-order valence-corrected chi connectivity index (χ2v) is 6.58. The van der Waals surface area contributed by atoms with Gasteiger partial charge >= 0.3 is 0 Å². The Labute approximate surface area is 107 Å². The van der Waals surface area contributed by atoms with Crippen LogP contribution >= 0.6 is 0 Å². The number of piperidine rings is 1. The van der Waals surface area contributed by atoms with Crippen molar-refractivity contribution in [1.29, 1.82) is 0 Å². The molecule has 2 aliphatic rings. The topological polar surface area (TPSA) is 29.3 Å². The van der Waals surface area contributed by atoms with Crippen LogP contribution in [0.5, 0.6) is 0 Å². The lowest BCUT2D eigenvalue weighted by molar-refractivity contribution is 0.00115. The molecule has 1 aliphatic carbocycles. The number of nitrogens with two attached hydrogens (primary N) is 1. The first-order chi connectivity index (χ1) is 8.13. The molecule has 0 amide bonds. The average molecular weight is 238 g/mol. The van der Waals surface area contributed by atoms with E-state index < -0.39 is 0 Å². The molecule has 100 valence electrons. The summed E-state index contributed by atoms with van der Waals surface area (Å²) in [5.74, 6) is 1.78. The van der Waals surface area contributed by atoms with Crippen LogP contribution in [0.25, 0.3) is 0 Å². The van der Waals surface area contributed by atoms with Crippen molar-refractivity contribution in [3.8, 4) is 0 Å². The average Bonchev–Trinajstić information content (AvgIpc) is 2.30. The fourth-order valence-electron chi connectivity index (χ4n) is 4.24. The number of hydrogen-bond donors (Lipinski definition) is 1. The highest BCUT2D eigenvalue weighted by Crippen LogP contribution is 2.36. The van der Waals surface area contributed by atoms with E-state index in [1.165, 1.54) is 38.5 Å². The number of rotatable bonds is 2. The lowest BCUT2D eigenvalue weighted by Gasteiger charge is -2.49. The van der Waals surface area contributed by atoms with Gasteiger partial charge in [-0.25, -0.2) is 0 Å². The summed E-state index contributed by atoms with van der Waals surface area (Å²) in [6.07, 6.45) is 8.27. The molecule has 2 N–H and O–H groups in total. The molecule has 0 aromatic rings. The van der Waals surface area contributed by atoms with Gasteiger partial charge in [-0.2, -0.15) is 0 Å². The molecular weight excluding hydrogens is 208 g/mol. The van der Waals surface area contributed by atoms with E-state index in [-0.39, 0.29) is 0 Å². The second kappa shape index (κ2) is 5.71. The lowest BCUT2D eigenvalue weighted by Crippen LogP contribution is -2.56. The molecule has 2 rings (SSSR count). The molecule has 2 heteroatoms. The van der Waals surface area contributed by atoms with Crippen molar-refractivity contribution in [3.05, 3.63) is 0 Å². The van der Waals surface area contributed by atoms with Crippen LogP contribution < -0.4 is 5.73 Å². The first-order valence-corrected chi connectivity index (χ1v) is 7.61. The molecular formula is C15H30N2. The third-order valence-corrected chi connectivity index (χ3v) is 5.13. The maximum Gasteiger partial charge on any atom is 0.0224 e. The summed E-state index contributed by atoms with van der Waals surface area (Å²) in [7, 11) is 0. The molecule has 5 atom stereocenters. The van der Waals surface area contributed by atoms with Crippen molar-refractivity contribution in [3.63, 3.8) is 0 Å². The van der Waals surface area contributed by atoms with Crippen LogP contribution in [0.1, 0.15) is 59.3 Å². The fraction of sp³-hybridized carbons (Fsp3) is 1.00. The Hall–Kier alpha value is -0.0800. The van der Waals surface area contributed by atoms with Crippen molar-refractivity contribution in [2.24, 2.45) is 17.6 Å². The summed E-state index contributed by atoms with van der Waals surface area (Å²) in [6, 6.07) is 2.20. The molecule has 0 aromatic carbocycles. The summed E-state index contributed by atoms with van der Waals surface area (Å²) in [5, 5.41) is 0. The van der Waals surface area contributed by atoms with Crippen LogP contribution in [0.4, 0.5) is 0 Å². The molecule has 1 saturated heterocycles. The lowest BCUT2D eigenvalue weighted by atomic mass is 9.77. The summed E-state index contributed by atoms with van der Waals surface area (Å²) in [5.41, 5.74) is 5.99. The molecule has 17 heavy (non-hydrogen) atoms. The maximum atomic E-state index is 5.99. The van der Waals surface area contributed by atoms with Crippen LogP contribution in [0.15, 0.2) is 0 Å². The number of nitrogens with zero attached hydrogens (tertiary/aromatic N) is 1. The number of likely N-dealkylation sites (tertiary alicyclic amines) is 1. The predicted molar refractivity (Wildman–Crippen MR) is 74.0 cm³/mol. The van der Waals surface area contributed by atoms with E-state index in [1.807, 2.05) is 0 Å². The third kappa shape index (κ3) is 2.85. The van der Waals surface area contributed by atoms with Crippen LogP contribution in [0, 0.1) is 11.8 Å². The van der Waals surface area contributed by atoms with Crippen molar-refractivity contribution >= 4 is 0 Å². The van der Waals surface area contributed by atoms with Gasteiger partial charge in [0, 0.05) is 24.7 Å². The van der Waals surface area contributed by atoms with E-state index in [0.29, 0.717) is 6.04 Å². The van der Waals surface area contributed by atoms with Crippen molar-refractivity contribution < 1.29 is 0 Å².